The lowest BCUT2D eigenvalue weighted by molar-refractivity contribution is -0.126. The maximum Gasteiger partial charge on any atom is 0.237 e. The Morgan fingerprint density at radius 3 is 3.00 bits per heavy atom. The van der Waals surface area contributed by atoms with Crippen molar-refractivity contribution in [2.24, 2.45) is 0 Å². The highest BCUT2D eigenvalue weighted by atomic mass is 32.1. The molecule has 0 spiro atoms. The second-order valence-corrected chi connectivity index (χ2v) is 6.51. The summed E-state index contributed by atoms with van der Waals surface area (Å²) in [6.45, 7) is 3.93. The zero-order valence-electron chi connectivity index (χ0n) is 11.8. The van der Waals surface area contributed by atoms with E-state index in [4.69, 9.17) is 0 Å². The number of piperidine rings is 1. The van der Waals surface area contributed by atoms with E-state index >= 15 is 0 Å². The number of likely N-dealkylation sites (tertiary alicyclic amines) is 1. The van der Waals surface area contributed by atoms with Gasteiger partial charge in [0.1, 0.15) is 0 Å². The Hall–Kier alpha value is -0.910. The summed E-state index contributed by atoms with van der Waals surface area (Å²) in [7, 11) is 0. The Labute approximate surface area is 124 Å². The molecule has 2 saturated heterocycles. The van der Waals surface area contributed by atoms with E-state index in [0.29, 0.717) is 12.6 Å². The zero-order valence-corrected chi connectivity index (χ0v) is 12.6. The zero-order chi connectivity index (χ0) is 13.8. The van der Waals surface area contributed by atoms with E-state index in [2.05, 4.69) is 32.4 Å². The molecular formula is C15H23N3OS. The third kappa shape index (κ3) is 3.22. The Kier molecular flexibility index (Phi) is 4.70. The van der Waals surface area contributed by atoms with E-state index in [1.165, 1.54) is 18.4 Å². The number of thiophene rings is 1. The van der Waals surface area contributed by atoms with Crippen molar-refractivity contribution in [1.29, 1.82) is 0 Å². The second kappa shape index (κ2) is 6.70. The quantitative estimate of drug-likeness (QED) is 0.886. The molecule has 2 N–H and O–H groups in total. The molecule has 1 amide bonds. The molecule has 2 aliphatic rings. The van der Waals surface area contributed by atoms with Crippen LogP contribution in [0.4, 0.5) is 0 Å². The molecule has 0 bridgehead atoms. The Bertz CT molecular complexity index is 428. The average molecular weight is 293 g/mol. The summed E-state index contributed by atoms with van der Waals surface area (Å²) in [4.78, 5) is 14.9. The van der Waals surface area contributed by atoms with Crippen LogP contribution in [0.15, 0.2) is 16.8 Å². The molecule has 0 aromatic carbocycles. The first-order chi connectivity index (χ1) is 9.84. The van der Waals surface area contributed by atoms with Crippen LogP contribution < -0.4 is 10.6 Å². The number of carbonyl (C=O) groups is 1. The average Bonchev–Trinajstić information content (AvgIpc) is 3.17. The minimum atomic E-state index is 0.0942. The third-order valence-corrected chi connectivity index (χ3v) is 5.15. The molecule has 0 saturated carbocycles. The van der Waals surface area contributed by atoms with Crippen LogP contribution in [-0.2, 0) is 11.3 Å². The van der Waals surface area contributed by atoms with Crippen LogP contribution in [0, 0.1) is 0 Å². The molecule has 1 atom stereocenters. The van der Waals surface area contributed by atoms with Gasteiger partial charge in [0, 0.05) is 12.6 Å². The smallest absolute Gasteiger partial charge is 0.237 e. The van der Waals surface area contributed by atoms with Gasteiger partial charge in [-0.1, -0.05) is 0 Å². The number of hydrogen-bond donors (Lipinski definition) is 2. The van der Waals surface area contributed by atoms with Gasteiger partial charge >= 0.3 is 0 Å². The van der Waals surface area contributed by atoms with Gasteiger partial charge in [0.25, 0.3) is 0 Å². The maximum atomic E-state index is 12.4. The topological polar surface area (TPSA) is 44.4 Å². The van der Waals surface area contributed by atoms with Crippen molar-refractivity contribution in [3.8, 4) is 0 Å². The van der Waals surface area contributed by atoms with Crippen LogP contribution in [0.1, 0.15) is 31.2 Å². The molecule has 2 fully saturated rings. The van der Waals surface area contributed by atoms with Crippen molar-refractivity contribution >= 4 is 17.2 Å². The lowest BCUT2D eigenvalue weighted by Gasteiger charge is -2.35. The van der Waals surface area contributed by atoms with E-state index in [-0.39, 0.29) is 11.9 Å². The van der Waals surface area contributed by atoms with Crippen LogP contribution in [0.2, 0.25) is 0 Å². The van der Waals surface area contributed by atoms with E-state index in [1.807, 2.05) is 0 Å². The van der Waals surface area contributed by atoms with Gasteiger partial charge in [-0.05, 0) is 67.7 Å². The summed E-state index contributed by atoms with van der Waals surface area (Å²) in [5.41, 5.74) is 1.20. The molecule has 3 rings (SSSR count). The van der Waals surface area contributed by atoms with Gasteiger partial charge in [0.2, 0.25) is 5.91 Å². The highest BCUT2D eigenvalue weighted by molar-refractivity contribution is 7.07. The summed E-state index contributed by atoms with van der Waals surface area (Å²) in [5, 5.41) is 10.7. The van der Waals surface area contributed by atoms with E-state index in [9.17, 15) is 4.79 Å². The minimum Gasteiger partial charge on any atom is -0.351 e. The van der Waals surface area contributed by atoms with Crippen LogP contribution >= 0.6 is 11.3 Å². The van der Waals surface area contributed by atoms with Gasteiger partial charge < -0.3 is 10.6 Å². The second-order valence-electron chi connectivity index (χ2n) is 5.73. The van der Waals surface area contributed by atoms with Crippen molar-refractivity contribution in [3.05, 3.63) is 22.4 Å². The number of rotatable bonds is 4. The molecule has 2 aliphatic heterocycles. The van der Waals surface area contributed by atoms with Crippen molar-refractivity contribution < 1.29 is 4.79 Å². The van der Waals surface area contributed by atoms with Crippen LogP contribution in [0.3, 0.4) is 0 Å². The normalized spacial score (nSPS) is 24.9. The number of nitrogens with zero attached hydrogens (tertiary/aromatic N) is 1. The molecular weight excluding hydrogens is 270 g/mol. The molecule has 1 aromatic rings. The maximum absolute atomic E-state index is 12.4. The fourth-order valence-corrected chi connectivity index (χ4v) is 4.01. The lowest BCUT2D eigenvalue weighted by Crippen LogP contribution is -2.50. The van der Waals surface area contributed by atoms with Gasteiger partial charge in [-0.2, -0.15) is 11.3 Å². The van der Waals surface area contributed by atoms with E-state index < -0.39 is 0 Å². The molecule has 1 aromatic heterocycles. The summed E-state index contributed by atoms with van der Waals surface area (Å²) in [5.74, 6) is 0.215. The molecule has 5 heteroatoms. The molecule has 1 unspecified atom stereocenters. The van der Waals surface area contributed by atoms with Gasteiger partial charge in [0.05, 0.1) is 6.04 Å². The molecule has 3 heterocycles. The molecule has 0 aliphatic carbocycles. The van der Waals surface area contributed by atoms with Crippen molar-refractivity contribution in [2.45, 2.75) is 44.3 Å². The van der Waals surface area contributed by atoms with E-state index in [1.54, 1.807) is 11.3 Å². The van der Waals surface area contributed by atoms with Gasteiger partial charge in [0.15, 0.2) is 0 Å². The Morgan fingerprint density at radius 2 is 2.25 bits per heavy atom. The Balaban J connectivity index is 1.55. The summed E-state index contributed by atoms with van der Waals surface area (Å²) >= 11 is 1.68. The Morgan fingerprint density at radius 1 is 1.40 bits per heavy atom. The lowest BCUT2D eigenvalue weighted by atomic mass is 10.0. The van der Waals surface area contributed by atoms with Gasteiger partial charge in [-0.3, -0.25) is 9.69 Å². The largest absolute Gasteiger partial charge is 0.351 e. The number of carbonyl (C=O) groups excluding carboxylic acids is 1. The SMILES string of the molecule is O=C(NCc1ccsc1)C1CCCN1C1CCNCC1. The fraction of sp³-hybridized carbons (Fsp3) is 0.667. The van der Waals surface area contributed by atoms with Crippen molar-refractivity contribution in [2.75, 3.05) is 19.6 Å². The van der Waals surface area contributed by atoms with Crippen LogP contribution in [-0.4, -0.2) is 42.5 Å². The highest BCUT2D eigenvalue weighted by Crippen LogP contribution is 2.24. The monoisotopic (exact) mass is 293 g/mol. The van der Waals surface area contributed by atoms with Crippen LogP contribution in [0.25, 0.3) is 0 Å². The minimum absolute atomic E-state index is 0.0942. The number of amides is 1. The number of nitrogens with one attached hydrogen (secondary N) is 2. The predicted molar refractivity (Wildman–Crippen MR) is 81.8 cm³/mol. The summed E-state index contributed by atoms with van der Waals surface area (Å²) in [6, 6.07) is 2.76. The first kappa shape index (κ1) is 14.0. The fourth-order valence-electron chi connectivity index (χ4n) is 3.35. The molecule has 0 radical (unpaired) electrons. The molecule has 20 heavy (non-hydrogen) atoms. The van der Waals surface area contributed by atoms with Gasteiger partial charge in [-0.15, -0.1) is 0 Å². The summed E-state index contributed by atoms with van der Waals surface area (Å²) < 4.78 is 0. The predicted octanol–water partition coefficient (Wildman–Crippen LogP) is 1.58. The van der Waals surface area contributed by atoms with Crippen molar-refractivity contribution in [1.82, 2.24) is 15.5 Å². The van der Waals surface area contributed by atoms with E-state index in [0.717, 1.165) is 32.5 Å². The highest BCUT2D eigenvalue weighted by Gasteiger charge is 2.35. The van der Waals surface area contributed by atoms with Gasteiger partial charge in [-0.25, -0.2) is 0 Å². The molecule has 4 nitrogen and oxygen atoms in total. The standard InChI is InChI=1S/C15H23N3OS/c19-15(17-10-12-5-9-20-11-12)14-2-1-8-18(14)13-3-6-16-7-4-13/h5,9,11,13-14,16H,1-4,6-8,10H2,(H,17,19). The third-order valence-electron chi connectivity index (χ3n) is 4.42. The summed E-state index contributed by atoms with van der Waals surface area (Å²) in [6.07, 6.45) is 4.52. The first-order valence-electron chi connectivity index (χ1n) is 7.60. The van der Waals surface area contributed by atoms with Crippen LogP contribution in [0.5, 0.6) is 0 Å². The first-order valence-corrected chi connectivity index (χ1v) is 8.54. The molecule has 110 valence electrons. The van der Waals surface area contributed by atoms with Crippen molar-refractivity contribution in [3.63, 3.8) is 0 Å². The number of hydrogen-bond acceptors (Lipinski definition) is 4.